The number of nitrogens with zero attached hydrogens (tertiary/aromatic N) is 4. The average Bonchev–Trinajstić information content (AvgIpc) is 3.03. The van der Waals surface area contributed by atoms with Gasteiger partial charge in [-0.3, -0.25) is 4.79 Å². The van der Waals surface area contributed by atoms with Gasteiger partial charge in [0.2, 0.25) is 5.91 Å². The van der Waals surface area contributed by atoms with E-state index in [0.717, 1.165) is 0 Å². The Hall–Kier alpha value is -2.45. The molecule has 146 valence electrons. The van der Waals surface area contributed by atoms with Crippen LogP contribution in [0.3, 0.4) is 0 Å². The van der Waals surface area contributed by atoms with Crippen molar-refractivity contribution in [1.82, 2.24) is 19.7 Å². The van der Waals surface area contributed by atoms with Crippen LogP contribution in [-0.2, 0) is 18.4 Å². The van der Waals surface area contributed by atoms with Gasteiger partial charge in [-0.2, -0.15) is 0 Å². The van der Waals surface area contributed by atoms with Gasteiger partial charge in [0.05, 0.1) is 11.3 Å². The number of carbonyl (C=O) groups is 1. The van der Waals surface area contributed by atoms with Crippen LogP contribution >= 0.6 is 23.4 Å². The van der Waals surface area contributed by atoms with Gasteiger partial charge in [-0.05, 0) is 24.3 Å². The van der Waals surface area contributed by atoms with Crippen molar-refractivity contribution in [2.75, 3.05) is 12.8 Å². The molecule has 0 saturated carbocycles. The third-order valence-corrected chi connectivity index (χ3v) is 5.52. The molecule has 3 aromatic rings. The van der Waals surface area contributed by atoms with Crippen LogP contribution in [0.4, 0.5) is 8.78 Å². The molecule has 0 unspecified atom stereocenters. The van der Waals surface area contributed by atoms with Crippen LogP contribution in [0.1, 0.15) is 5.56 Å². The quantitative estimate of drug-likeness (QED) is 0.559. The van der Waals surface area contributed by atoms with E-state index in [2.05, 4.69) is 10.2 Å². The fourth-order valence-corrected chi connectivity index (χ4v) is 3.64. The maximum atomic E-state index is 14.0. The summed E-state index contributed by atoms with van der Waals surface area (Å²) in [7, 11) is 3.28. The number of aromatic nitrogens is 3. The van der Waals surface area contributed by atoms with E-state index in [1.807, 2.05) is 0 Å². The normalized spacial score (nSPS) is 10.9. The van der Waals surface area contributed by atoms with Crippen LogP contribution in [0.15, 0.2) is 47.6 Å². The summed E-state index contributed by atoms with van der Waals surface area (Å²) in [4.78, 5) is 13.8. The SMILES string of the molecule is CN(Cc1c(F)cccc1Cl)C(=O)CSc1nnc(-c2ccccc2F)n1C. The summed E-state index contributed by atoms with van der Waals surface area (Å²) < 4.78 is 29.5. The third-order valence-electron chi connectivity index (χ3n) is 4.16. The second kappa shape index (κ2) is 8.70. The van der Waals surface area contributed by atoms with Gasteiger partial charge in [-0.15, -0.1) is 10.2 Å². The molecule has 1 aromatic heterocycles. The fraction of sp³-hybridized carbons (Fsp3) is 0.211. The van der Waals surface area contributed by atoms with Crippen molar-refractivity contribution in [2.24, 2.45) is 7.05 Å². The minimum atomic E-state index is -0.456. The maximum Gasteiger partial charge on any atom is 0.233 e. The Bertz CT molecular complexity index is 991. The molecule has 5 nitrogen and oxygen atoms in total. The molecule has 0 aliphatic heterocycles. The highest BCUT2D eigenvalue weighted by Crippen LogP contribution is 2.25. The van der Waals surface area contributed by atoms with E-state index < -0.39 is 11.6 Å². The van der Waals surface area contributed by atoms with E-state index in [-0.39, 0.29) is 28.8 Å². The maximum absolute atomic E-state index is 14.0. The fourth-order valence-electron chi connectivity index (χ4n) is 2.56. The Labute approximate surface area is 170 Å². The first-order valence-corrected chi connectivity index (χ1v) is 9.68. The average molecular weight is 423 g/mol. The Morgan fingerprint density at radius 3 is 2.57 bits per heavy atom. The molecular formula is C19H17ClF2N4OS. The molecule has 0 spiro atoms. The highest BCUT2D eigenvalue weighted by atomic mass is 35.5. The van der Waals surface area contributed by atoms with Crippen molar-refractivity contribution in [3.63, 3.8) is 0 Å². The lowest BCUT2D eigenvalue weighted by atomic mass is 10.2. The van der Waals surface area contributed by atoms with Crippen LogP contribution in [0.25, 0.3) is 11.4 Å². The number of hydrogen-bond donors (Lipinski definition) is 0. The van der Waals surface area contributed by atoms with Gasteiger partial charge in [-0.1, -0.05) is 41.6 Å². The first-order chi connectivity index (χ1) is 13.4. The van der Waals surface area contributed by atoms with Crippen molar-refractivity contribution in [2.45, 2.75) is 11.7 Å². The number of amides is 1. The predicted molar refractivity (Wildman–Crippen MR) is 105 cm³/mol. The third kappa shape index (κ3) is 4.34. The zero-order valence-corrected chi connectivity index (χ0v) is 16.8. The second-order valence-electron chi connectivity index (χ2n) is 6.08. The van der Waals surface area contributed by atoms with Gasteiger partial charge in [0, 0.05) is 31.2 Å². The Morgan fingerprint density at radius 1 is 1.14 bits per heavy atom. The number of carbonyl (C=O) groups excluding carboxylic acids is 1. The van der Waals surface area contributed by atoms with Crippen LogP contribution in [0, 0.1) is 11.6 Å². The lowest BCUT2D eigenvalue weighted by Crippen LogP contribution is -2.28. The molecule has 28 heavy (non-hydrogen) atoms. The van der Waals surface area contributed by atoms with Crippen LogP contribution < -0.4 is 0 Å². The summed E-state index contributed by atoms with van der Waals surface area (Å²) >= 11 is 7.18. The number of thioether (sulfide) groups is 1. The smallest absolute Gasteiger partial charge is 0.233 e. The van der Waals surface area contributed by atoms with E-state index >= 15 is 0 Å². The van der Waals surface area contributed by atoms with E-state index in [0.29, 0.717) is 16.5 Å². The zero-order chi connectivity index (χ0) is 20.3. The molecule has 0 saturated heterocycles. The van der Waals surface area contributed by atoms with Crippen LogP contribution in [0.5, 0.6) is 0 Å². The molecule has 3 rings (SSSR count). The number of hydrogen-bond acceptors (Lipinski definition) is 4. The summed E-state index contributed by atoms with van der Waals surface area (Å²) in [5.74, 6) is -0.625. The van der Waals surface area contributed by atoms with Gasteiger partial charge < -0.3 is 9.47 Å². The summed E-state index contributed by atoms with van der Waals surface area (Å²) in [5, 5.41) is 8.80. The van der Waals surface area contributed by atoms with E-state index in [1.165, 1.54) is 34.9 Å². The summed E-state index contributed by atoms with van der Waals surface area (Å²) in [5.41, 5.74) is 0.604. The zero-order valence-electron chi connectivity index (χ0n) is 15.2. The van der Waals surface area contributed by atoms with Gasteiger partial charge >= 0.3 is 0 Å². The summed E-state index contributed by atoms with van der Waals surface area (Å²) in [6, 6.07) is 10.7. The Kier molecular flexibility index (Phi) is 6.31. The highest BCUT2D eigenvalue weighted by molar-refractivity contribution is 7.99. The molecular weight excluding hydrogens is 406 g/mol. The lowest BCUT2D eigenvalue weighted by molar-refractivity contribution is -0.127. The standard InChI is InChI=1S/C19H17ClF2N4OS/c1-25(10-13-14(20)7-5-9-16(13)22)17(27)11-28-19-24-23-18(26(19)2)12-6-3-4-8-15(12)21/h3-9H,10-11H2,1-2H3. The van der Waals surface area contributed by atoms with E-state index in [9.17, 15) is 13.6 Å². The van der Waals surface area contributed by atoms with E-state index in [4.69, 9.17) is 11.6 Å². The highest BCUT2D eigenvalue weighted by Gasteiger charge is 2.18. The van der Waals surface area contributed by atoms with Gasteiger partial charge in [-0.25, -0.2) is 8.78 Å². The first kappa shape index (κ1) is 20.3. The molecule has 1 heterocycles. The largest absolute Gasteiger partial charge is 0.341 e. The molecule has 0 N–H and O–H groups in total. The van der Waals surface area contributed by atoms with Crippen molar-refractivity contribution >= 4 is 29.3 Å². The van der Waals surface area contributed by atoms with Crippen LogP contribution in [0.2, 0.25) is 5.02 Å². The molecule has 0 aliphatic carbocycles. The molecule has 2 aromatic carbocycles. The number of benzene rings is 2. The molecule has 0 radical (unpaired) electrons. The van der Waals surface area contributed by atoms with Gasteiger partial charge in [0.1, 0.15) is 11.6 Å². The monoisotopic (exact) mass is 422 g/mol. The van der Waals surface area contributed by atoms with Crippen molar-refractivity contribution in [3.05, 3.63) is 64.7 Å². The summed E-state index contributed by atoms with van der Waals surface area (Å²) in [6.45, 7) is 0.0597. The second-order valence-corrected chi connectivity index (χ2v) is 7.43. The van der Waals surface area contributed by atoms with Crippen LogP contribution in [-0.4, -0.2) is 38.4 Å². The van der Waals surface area contributed by atoms with Crippen molar-refractivity contribution < 1.29 is 13.6 Å². The number of halogens is 3. The molecule has 0 bridgehead atoms. The summed E-state index contributed by atoms with van der Waals surface area (Å²) in [6.07, 6.45) is 0. The minimum Gasteiger partial charge on any atom is -0.341 e. The lowest BCUT2D eigenvalue weighted by Gasteiger charge is -2.18. The van der Waals surface area contributed by atoms with Gasteiger partial charge in [0.15, 0.2) is 11.0 Å². The first-order valence-electron chi connectivity index (χ1n) is 8.32. The topological polar surface area (TPSA) is 51.0 Å². The molecule has 0 fully saturated rings. The van der Waals surface area contributed by atoms with Crippen molar-refractivity contribution in [1.29, 1.82) is 0 Å². The van der Waals surface area contributed by atoms with Gasteiger partial charge in [0.25, 0.3) is 0 Å². The molecule has 9 heteroatoms. The predicted octanol–water partition coefficient (Wildman–Crippen LogP) is 4.16. The number of rotatable bonds is 6. The Morgan fingerprint density at radius 2 is 1.86 bits per heavy atom. The van der Waals surface area contributed by atoms with E-state index in [1.54, 1.807) is 42.9 Å². The minimum absolute atomic E-state index is 0.0597. The molecule has 0 aliphatic rings. The molecule has 0 atom stereocenters. The molecule has 1 amide bonds. The van der Waals surface area contributed by atoms with Crippen molar-refractivity contribution in [3.8, 4) is 11.4 Å². The Balaban J connectivity index is 1.66.